The zero-order valence-corrected chi connectivity index (χ0v) is 4.80. The van der Waals surface area contributed by atoms with E-state index in [2.05, 4.69) is 4.98 Å². The molecule has 1 heterocycles. The zero-order valence-electron chi connectivity index (χ0n) is 7.80. The summed E-state index contributed by atoms with van der Waals surface area (Å²) in [6, 6.07) is -1.36. The first-order chi connectivity index (χ1) is 5.95. The summed E-state index contributed by atoms with van der Waals surface area (Å²) in [6.07, 6.45) is -0.702. The van der Waals surface area contributed by atoms with Crippen molar-refractivity contribution in [3.05, 3.63) is 24.2 Å². The third-order valence-corrected chi connectivity index (χ3v) is 0.888. The van der Waals surface area contributed by atoms with Crippen molar-refractivity contribution < 1.29 is 18.6 Å². The van der Waals surface area contributed by atoms with Gasteiger partial charge >= 0.3 is 7.12 Å². The van der Waals surface area contributed by atoms with Crippen LogP contribution < -0.4 is 5.46 Å². The highest BCUT2D eigenvalue weighted by molar-refractivity contribution is 6.58. The van der Waals surface area contributed by atoms with Gasteiger partial charge in [0.1, 0.15) is 0 Å². The number of nitrogens with zero attached hydrogens (tertiary/aromatic N) is 1. The van der Waals surface area contributed by atoms with E-state index in [-0.39, 0.29) is 0 Å². The number of halogens is 1. The van der Waals surface area contributed by atoms with Crippen molar-refractivity contribution in [2.45, 2.75) is 0 Å². The second kappa shape index (κ2) is 2.77. The van der Waals surface area contributed by atoms with Crippen LogP contribution in [0.4, 0.5) is 4.39 Å². The highest BCUT2D eigenvalue weighted by atomic mass is 19.1. The molecule has 0 saturated carbocycles. The number of aromatic nitrogens is 1. The van der Waals surface area contributed by atoms with E-state index in [1.165, 1.54) is 0 Å². The Morgan fingerprint density at radius 3 is 3.00 bits per heavy atom. The van der Waals surface area contributed by atoms with Crippen LogP contribution >= 0.6 is 0 Å². The molecular weight excluding hydrogens is 136 g/mol. The average molecular weight is 144 g/mol. The third kappa shape index (κ3) is 1.31. The second-order valence-electron chi connectivity index (χ2n) is 1.55. The fourth-order valence-corrected chi connectivity index (χ4v) is 0.455. The summed E-state index contributed by atoms with van der Waals surface area (Å²) in [6.45, 7) is 0. The summed E-state index contributed by atoms with van der Waals surface area (Å²) < 4.78 is 33.9. The lowest BCUT2D eigenvalue weighted by Crippen LogP contribution is -2.33. The van der Waals surface area contributed by atoms with Crippen LogP contribution in [0, 0.1) is 5.95 Å². The minimum Gasteiger partial charge on any atom is -0.423 e. The van der Waals surface area contributed by atoms with E-state index in [0.29, 0.717) is 0 Å². The van der Waals surface area contributed by atoms with Crippen molar-refractivity contribution in [1.82, 2.24) is 4.98 Å². The number of rotatable bonds is 1. The Morgan fingerprint density at radius 2 is 2.40 bits per heavy atom. The van der Waals surface area contributed by atoms with Gasteiger partial charge < -0.3 is 10.0 Å². The van der Waals surface area contributed by atoms with Crippen LogP contribution in [-0.2, 0) is 0 Å². The molecule has 0 atom stereocenters. The van der Waals surface area contributed by atoms with E-state index in [0.717, 1.165) is 0 Å². The van der Waals surface area contributed by atoms with Gasteiger partial charge in [0.05, 0.1) is 4.11 Å². The first kappa shape index (κ1) is 4.05. The Balaban J connectivity index is 3.44. The minimum absolute atomic E-state index is 0.635. The Labute approximate surface area is 61.5 Å². The molecule has 0 spiro atoms. The number of hydrogen-bond acceptors (Lipinski definition) is 3. The van der Waals surface area contributed by atoms with Crippen LogP contribution in [0.25, 0.3) is 0 Å². The highest BCUT2D eigenvalue weighted by Crippen LogP contribution is 1.87. The summed E-state index contributed by atoms with van der Waals surface area (Å²) in [7, 11) is -2.19. The summed E-state index contributed by atoms with van der Waals surface area (Å²) in [4.78, 5) is 2.93. The molecule has 3 nitrogen and oxygen atoms in total. The standard InChI is InChI=1S/C5H5BFNO2/c7-5-4(6(9)10)2-1-3-8-5/h1-3,9-10H/i1D,2D,3D. The van der Waals surface area contributed by atoms with Crippen LogP contribution in [0.2, 0.25) is 0 Å². The van der Waals surface area contributed by atoms with Crippen molar-refractivity contribution in [1.29, 1.82) is 0 Å². The molecule has 2 N–H and O–H groups in total. The van der Waals surface area contributed by atoms with Gasteiger partial charge in [-0.15, -0.1) is 0 Å². The van der Waals surface area contributed by atoms with Gasteiger partial charge in [0.15, 0.2) is 0 Å². The van der Waals surface area contributed by atoms with Gasteiger partial charge in [-0.3, -0.25) is 0 Å². The molecule has 0 saturated heterocycles. The van der Waals surface area contributed by atoms with Gasteiger partial charge in [-0.2, -0.15) is 4.39 Å². The summed E-state index contributed by atoms with van der Waals surface area (Å²) in [5, 5.41) is 17.2. The Morgan fingerprint density at radius 1 is 1.70 bits per heavy atom. The van der Waals surface area contributed by atoms with Crippen LogP contribution in [0.5, 0.6) is 0 Å². The first-order valence-corrected chi connectivity index (χ1v) is 2.44. The van der Waals surface area contributed by atoms with Crippen molar-refractivity contribution in [3.63, 3.8) is 0 Å². The largest absolute Gasteiger partial charge is 0.493 e. The number of hydrogen-bond donors (Lipinski definition) is 2. The molecule has 0 unspecified atom stereocenters. The Bertz CT molecular complexity index is 349. The minimum atomic E-state index is -2.19. The Hall–Kier alpha value is -0.935. The molecule has 5 heteroatoms. The van der Waals surface area contributed by atoms with E-state index >= 15 is 0 Å². The average Bonchev–Trinajstić information content (AvgIpc) is 1.99. The van der Waals surface area contributed by atoms with Crippen LogP contribution in [0.1, 0.15) is 4.11 Å². The summed E-state index contributed by atoms with van der Waals surface area (Å²) >= 11 is 0. The smallest absolute Gasteiger partial charge is 0.423 e. The molecule has 0 aliphatic rings. The molecule has 0 aliphatic carbocycles. The van der Waals surface area contributed by atoms with E-state index < -0.39 is 36.8 Å². The molecule has 1 aromatic rings. The molecule has 0 amide bonds. The van der Waals surface area contributed by atoms with Crippen molar-refractivity contribution in [3.8, 4) is 0 Å². The predicted molar refractivity (Wildman–Crippen MR) is 34.0 cm³/mol. The quantitative estimate of drug-likeness (QED) is 0.388. The first-order valence-electron chi connectivity index (χ1n) is 3.94. The molecular formula is C5H5BFNO2. The van der Waals surface area contributed by atoms with Crippen molar-refractivity contribution in [2.24, 2.45) is 0 Å². The fraction of sp³-hybridized carbons (Fsp3) is 0. The van der Waals surface area contributed by atoms with Gasteiger partial charge in [0, 0.05) is 11.6 Å². The maximum atomic E-state index is 12.8. The van der Waals surface area contributed by atoms with Crippen molar-refractivity contribution >= 4 is 12.6 Å². The van der Waals surface area contributed by atoms with Gasteiger partial charge in [-0.1, -0.05) is 6.04 Å². The molecule has 0 radical (unpaired) electrons. The summed E-state index contributed by atoms with van der Waals surface area (Å²) in [5.41, 5.74) is -0.777. The Kier molecular flexibility index (Phi) is 1.12. The molecule has 0 aliphatic heterocycles. The van der Waals surface area contributed by atoms with Gasteiger partial charge in [-0.25, -0.2) is 4.98 Å². The summed E-state index contributed by atoms with van der Waals surface area (Å²) in [5.74, 6) is -1.30. The van der Waals surface area contributed by atoms with Crippen molar-refractivity contribution in [2.75, 3.05) is 0 Å². The molecule has 1 aromatic heterocycles. The van der Waals surface area contributed by atoms with Crippen LogP contribution in [0.15, 0.2) is 18.3 Å². The molecule has 0 bridgehead atoms. The fourth-order valence-electron chi connectivity index (χ4n) is 0.455. The van der Waals surface area contributed by atoms with Gasteiger partial charge in [-0.05, 0) is 6.04 Å². The molecule has 0 fully saturated rings. The van der Waals surface area contributed by atoms with E-state index in [1.54, 1.807) is 0 Å². The van der Waals surface area contributed by atoms with E-state index in [4.69, 9.17) is 14.2 Å². The lowest BCUT2D eigenvalue weighted by Gasteiger charge is -1.97. The topological polar surface area (TPSA) is 53.4 Å². The predicted octanol–water partition coefficient (Wildman–Crippen LogP) is -1.10. The maximum absolute atomic E-state index is 12.8. The second-order valence-corrected chi connectivity index (χ2v) is 1.55. The molecule has 1 rings (SSSR count). The van der Waals surface area contributed by atoms with E-state index in [1.807, 2.05) is 0 Å². The normalized spacial score (nSPS) is 13.7. The lowest BCUT2D eigenvalue weighted by atomic mass is 9.81. The highest BCUT2D eigenvalue weighted by Gasteiger charge is 2.15. The zero-order chi connectivity index (χ0) is 10.2. The third-order valence-electron chi connectivity index (χ3n) is 0.888. The van der Waals surface area contributed by atoms with Crippen LogP contribution in [-0.4, -0.2) is 22.2 Å². The monoisotopic (exact) mass is 144 g/mol. The van der Waals surface area contributed by atoms with E-state index in [9.17, 15) is 4.39 Å². The molecule has 52 valence electrons. The molecule has 0 aromatic carbocycles. The molecule has 10 heavy (non-hydrogen) atoms. The van der Waals surface area contributed by atoms with Gasteiger partial charge in [0.2, 0.25) is 5.95 Å². The van der Waals surface area contributed by atoms with Gasteiger partial charge in [0.25, 0.3) is 0 Å². The van der Waals surface area contributed by atoms with Crippen LogP contribution in [0.3, 0.4) is 0 Å². The SMILES string of the molecule is [2H]c1nc(F)c(B(O)O)c([2H])c1[2H]. The number of pyridine rings is 1. The maximum Gasteiger partial charge on any atom is 0.493 e. The lowest BCUT2D eigenvalue weighted by molar-refractivity contribution is 0.422.